The quantitative estimate of drug-likeness (QED) is 0.156. The third-order valence-electron chi connectivity index (χ3n) is 10.3. The van der Waals surface area contributed by atoms with E-state index in [4.69, 9.17) is 15.2 Å². The monoisotopic (exact) mass is 747 g/mol. The lowest BCUT2D eigenvalue weighted by Gasteiger charge is -2.36. The van der Waals surface area contributed by atoms with Crippen LogP contribution >= 0.6 is 0 Å². The highest BCUT2D eigenvalue weighted by atomic mass is 32.2. The minimum Gasteiger partial charge on any atom is -0.490 e. The van der Waals surface area contributed by atoms with Crippen LogP contribution in [0.1, 0.15) is 72.6 Å². The molecule has 3 N–H and O–H groups in total. The number of pyridine rings is 1. The molecule has 7 rings (SSSR count). The zero-order valence-electron chi connectivity index (χ0n) is 30.1. The molecule has 0 atom stereocenters. The van der Waals surface area contributed by atoms with E-state index < -0.39 is 27.4 Å². The fourth-order valence-corrected chi connectivity index (χ4v) is 8.14. The molecule has 2 aliphatic heterocycles. The summed E-state index contributed by atoms with van der Waals surface area (Å²) in [7, 11) is -3.28. The number of H-pyrrole nitrogens is 1. The van der Waals surface area contributed by atoms with Crippen molar-refractivity contribution in [1.29, 1.82) is 0 Å². The molecule has 0 bridgehead atoms. The number of piperidine rings is 2. The van der Waals surface area contributed by atoms with Crippen LogP contribution in [0, 0.1) is 18.6 Å². The second kappa shape index (κ2) is 14.5. The summed E-state index contributed by atoms with van der Waals surface area (Å²) in [5.74, 6) is -1.74. The molecule has 15 heteroatoms. The van der Waals surface area contributed by atoms with Crippen LogP contribution < -0.4 is 15.2 Å². The first kappa shape index (κ1) is 36.5. The maximum atomic E-state index is 14.1. The third kappa shape index (κ3) is 7.50. The number of hydrogen-bond donors (Lipinski definition) is 2. The van der Waals surface area contributed by atoms with E-state index in [2.05, 4.69) is 33.8 Å². The molecule has 2 fully saturated rings. The summed E-state index contributed by atoms with van der Waals surface area (Å²) in [6.07, 6.45) is 7.19. The van der Waals surface area contributed by atoms with Crippen LogP contribution in [0.15, 0.2) is 54.9 Å². The van der Waals surface area contributed by atoms with Crippen LogP contribution in [0.3, 0.4) is 0 Å². The number of nitrogens with one attached hydrogen (secondary N) is 1. The van der Waals surface area contributed by atoms with E-state index in [1.807, 2.05) is 12.1 Å². The Bertz CT molecular complexity index is 2250. The lowest BCUT2D eigenvalue weighted by Crippen LogP contribution is -2.42. The molecule has 2 saturated heterocycles. The number of sulfonamides is 1. The van der Waals surface area contributed by atoms with E-state index in [1.165, 1.54) is 39.8 Å². The molecular weight excluding hydrogens is 705 g/mol. The van der Waals surface area contributed by atoms with Gasteiger partial charge in [-0.2, -0.15) is 5.10 Å². The molecule has 0 saturated carbocycles. The van der Waals surface area contributed by atoms with Gasteiger partial charge in [-0.1, -0.05) is 6.07 Å². The van der Waals surface area contributed by atoms with Crippen molar-refractivity contribution in [3.8, 4) is 23.1 Å². The Morgan fingerprint density at radius 2 is 1.70 bits per heavy atom. The van der Waals surface area contributed by atoms with Crippen LogP contribution in [-0.2, 0) is 10.0 Å². The van der Waals surface area contributed by atoms with Gasteiger partial charge in [0.05, 0.1) is 35.6 Å². The maximum absolute atomic E-state index is 14.1. The molecule has 0 unspecified atom stereocenters. The van der Waals surface area contributed by atoms with Crippen molar-refractivity contribution < 1.29 is 31.5 Å². The van der Waals surface area contributed by atoms with Crippen LogP contribution in [0.2, 0.25) is 0 Å². The van der Waals surface area contributed by atoms with E-state index in [0.29, 0.717) is 48.9 Å². The number of ketones is 1. The fraction of sp³-hybridized carbons (Fsp3) is 0.395. The first-order chi connectivity index (χ1) is 25.3. The summed E-state index contributed by atoms with van der Waals surface area (Å²) in [6, 6.07) is 11.2. The molecule has 0 amide bonds. The number of aromatic nitrogens is 4. The molecule has 0 aliphatic carbocycles. The average Bonchev–Trinajstić information content (AvgIpc) is 3.72. The maximum Gasteiger partial charge on any atom is 0.219 e. The topological polar surface area (TPSA) is 149 Å². The van der Waals surface area contributed by atoms with Crippen LogP contribution in [0.4, 0.5) is 14.6 Å². The summed E-state index contributed by atoms with van der Waals surface area (Å²) in [5, 5.41) is 5.17. The fourth-order valence-electron chi connectivity index (χ4n) is 7.26. The van der Waals surface area contributed by atoms with Gasteiger partial charge in [0.25, 0.3) is 0 Å². The summed E-state index contributed by atoms with van der Waals surface area (Å²) in [6.45, 7) is 8.90. The van der Waals surface area contributed by atoms with E-state index >= 15 is 0 Å². The van der Waals surface area contributed by atoms with Crippen LogP contribution in [0.5, 0.6) is 17.4 Å². The molecule has 280 valence electrons. The molecule has 2 aliphatic rings. The number of benzene rings is 2. The largest absolute Gasteiger partial charge is 0.490 e. The number of aryl methyl sites for hydroxylation is 1. The van der Waals surface area contributed by atoms with Gasteiger partial charge >= 0.3 is 0 Å². The number of aromatic amines is 1. The molecule has 0 spiro atoms. The number of rotatable bonds is 10. The van der Waals surface area contributed by atoms with Crippen molar-refractivity contribution in [3.05, 3.63) is 88.9 Å². The number of carbonyl (C=O) groups excluding carboxylic acids is 1. The van der Waals surface area contributed by atoms with Crippen molar-refractivity contribution in [2.24, 2.45) is 0 Å². The van der Waals surface area contributed by atoms with Crippen molar-refractivity contribution in [2.45, 2.75) is 64.5 Å². The number of nitrogen functional groups attached to an aromatic ring is 1. The number of halogens is 2. The number of ether oxygens (including phenoxy) is 2. The van der Waals surface area contributed by atoms with Gasteiger partial charge in [0.2, 0.25) is 27.4 Å². The Balaban J connectivity index is 1.15. The number of nitrogens with two attached hydrogens (primary N) is 1. The first-order valence-electron chi connectivity index (χ1n) is 17.8. The second-order valence-electron chi connectivity index (χ2n) is 14.2. The zero-order chi connectivity index (χ0) is 37.6. The molecule has 0 radical (unpaired) electrons. The average molecular weight is 748 g/mol. The number of carbonyl (C=O) groups is 1. The Hall–Kier alpha value is -4.86. The van der Waals surface area contributed by atoms with Crippen LogP contribution in [-0.4, -0.2) is 87.7 Å². The van der Waals surface area contributed by atoms with Gasteiger partial charge in [0.1, 0.15) is 17.7 Å². The Morgan fingerprint density at radius 1 is 1.00 bits per heavy atom. The lowest BCUT2D eigenvalue weighted by atomic mass is 9.89. The van der Waals surface area contributed by atoms with Crippen molar-refractivity contribution in [1.82, 2.24) is 29.0 Å². The highest BCUT2D eigenvalue weighted by Crippen LogP contribution is 2.39. The minimum atomic E-state index is -3.28. The highest BCUT2D eigenvalue weighted by molar-refractivity contribution is 7.88. The minimum absolute atomic E-state index is 0.0277. The number of anilines is 1. The zero-order valence-corrected chi connectivity index (χ0v) is 30.9. The van der Waals surface area contributed by atoms with E-state index in [0.717, 1.165) is 60.3 Å². The van der Waals surface area contributed by atoms with Gasteiger partial charge in [-0.25, -0.2) is 31.2 Å². The van der Waals surface area contributed by atoms with Gasteiger partial charge in [-0.15, -0.1) is 0 Å². The Kier molecular flexibility index (Phi) is 10.00. The molecule has 2 aromatic carbocycles. The summed E-state index contributed by atoms with van der Waals surface area (Å²) in [4.78, 5) is 23.8. The molecular formula is C38H43F2N7O5S. The second-order valence-corrected chi connectivity index (χ2v) is 16.2. The standard InChI is InChI=1S/C38H43F2N7O5S/c1-22(2)45-12-10-26(11-13-45)51-34-18-25-17-32(44-31(25)19-27(34)24-8-14-46(15-9-24)53(4,49)50)36(48)28-20-43-47(38(28)41)33-21-42-35(16-23(33)3)52-37-29(39)6-5-7-30(37)40/h5-7,16-22,24,26,44H,8-15,41H2,1-4H3. The van der Waals surface area contributed by atoms with Crippen molar-refractivity contribution in [2.75, 3.05) is 38.2 Å². The number of para-hydroxylation sites is 1. The molecule has 5 heterocycles. The summed E-state index contributed by atoms with van der Waals surface area (Å²) >= 11 is 0. The van der Waals surface area contributed by atoms with E-state index in [-0.39, 0.29) is 35.1 Å². The smallest absolute Gasteiger partial charge is 0.219 e. The van der Waals surface area contributed by atoms with Gasteiger partial charge in [0, 0.05) is 49.2 Å². The predicted octanol–water partition coefficient (Wildman–Crippen LogP) is 6.33. The van der Waals surface area contributed by atoms with E-state index in [9.17, 15) is 22.0 Å². The normalized spacial score (nSPS) is 16.8. The Labute approximate surface area is 306 Å². The van der Waals surface area contributed by atoms with E-state index in [1.54, 1.807) is 13.0 Å². The number of likely N-dealkylation sites (tertiary alicyclic amines) is 1. The molecule has 12 nitrogen and oxygen atoms in total. The van der Waals surface area contributed by atoms with Gasteiger partial charge in [0.15, 0.2) is 11.6 Å². The first-order valence-corrected chi connectivity index (χ1v) is 19.6. The van der Waals surface area contributed by atoms with Crippen molar-refractivity contribution >= 4 is 32.5 Å². The third-order valence-corrected chi connectivity index (χ3v) is 11.6. The Morgan fingerprint density at radius 3 is 2.34 bits per heavy atom. The molecule has 3 aromatic heterocycles. The number of hydrogen-bond acceptors (Lipinski definition) is 9. The number of fused-ring (bicyclic) bond motifs is 1. The van der Waals surface area contributed by atoms with Crippen molar-refractivity contribution in [3.63, 3.8) is 0 Å². The summed E-state index contributed by atoms with van der Waals surface area (Å²) in [5.41, 5.74) is 9.77. The lowest BCUT2D eigenvalue weighted by molar-refractivity contribution is 0.0832. The summed E-state index contributed by atoms with van der Waals surface area (Å²) < 4.78 is 67.7. The highest BCUT2D eigenvalue weighted by Gasteiger charge is 2.30. The SMILES string of the molecule is Cc1cc(Oc2c(F)cccc2F)ncc1-n1ncc(C(=O)c2cc3cc(OC4CCN(C(C)C)CC4)c(C4CCN(S(C)(=O)=O)CC4)cc3[nH]2)c1N. The van der Waals surface area contributed by atoms with Gasteiger partial charge in [-0.3, -0.25) is 4.79 Å². The number of nitrogens with zero attached hydrogens (tertiary/aromatic N) is 5. The van der Waals surface area contributed by atoms with Gasteiger partial charge in [-0.05, 0) is 93.8 Å². The van der Waals surface area contributed by atoms with Crippen LogP contribution in [0.25, 0.3) is 16.6 Å². The predicted molar refractivity (Wildman–Crippen MR) is 197 cm³/mol. The van der Waals surface area contributed by atoms with Gasteiger partial charge < -0.3 is 25.1 Å². The molecule has 5 aromatic rings. The molecule has 53 heavy (non-hydrogen) atoms.